The molecule has 2 heterocycles. The van der Waals surface area contributed by atoms with Gasteiger partial charge in [0.1, 0.15) is 35.1 Å². The van der Waals surface area contributed by atoms with Gasteiger partial charge in [-0.1, -0.05) is 24.3 Å². The second-order valence-corrected chi connectivity index (χ2v) is 16.9. The summed E-state index contributed by atoms with van der Waals surface area (Å²) in [7, 11) is -3.97. The van der Waals surface area contributed by atoms with Crippen LogP contribution in [-0.4, -0.2) is 95.0 Å². The lowest BCUT2D eigenvalue weighted by Gasteiger charge is -2.30. The van der Waals surface area contributed by atoms with Crippen LogP contribution in [0.5, 0.6) is 0 Å². The number of hydrogen-bond acceptors (Lipinski definition) is 10. The van der Waals surface area contributed by atoms with E-state index in [0.717, 1.165) is 4.90 Å². The Labute approximate surface area is 307 Å². The molecule has 0 spiro atoms. The maximum absolute atomic E-state index is 14.4. The Balaban J connectivity index is 1.40. The number of hydrogen-bond donors (Lipinski definition) is 3. The van der Waals surface area contributed by atoms with Crippen molar-refractivity contribution in [3.05, 3.63) is 59.4 Å². The van der Waals surface area contributed by atoms with E-state index in [1.807, 2.05) is 0 Å². The van der Waals surface area contributed by atoms with E-state index in [9.17, 15) is 41.6 Å². The normalized spacial score (nSPS) is 24.4. The predicted molar refractivity (Wildman–Crippen MR) is 188 cm³/mol. The summed E-state index contributed by atoms with van der Waals surface area (Å²) in [5.41, 5.74) is -1.37. The topological polar surface area (TPSA) is 198 Å². The van der Waals surface area contributed by atoms with E-state index < -0.39 is 98.4 Å². The van der Waals surface area contributed by atoms with E-state index >= 15 is 0 Å². The molecule has 288 valence electrons. The van der Waals surface area contributed by atoms with Crippen molar-refractivity contribution >= 4 is 45.7 Å². The van der Waals surface area contributed by atoms with Crippen LogP contribution < -0.4 is 15.4 Å². The fraction of sp³-hybridized carbons (Fsp3) is 0.556. The number of Topliss-reactive ketones (excluding diaryl/α,β-unsaturated/α-hetero) is 1. The van der Waals surface area contributed by atoms with Crippen LogP contribution in [0.2, 0.25) is 0 Å². The number of likely N-dealkylation sites (tertiary alicyclic amines) is 1. The van der Waals surface area contributed by atoms with Gasteiger partial charge >= 0.3 is 12.2 Å². The zero-order valence-electron chi connectivity index (χ0n) is 30.4. The lowest BCUT2D eigenvalue weighted by Crippen LogP contribution is -2.58. The Morgan fingerprint density at radius 2 is 1.83 bits per heavy atom. The molecular weight excluding hydrogens is 713 g/mol. The van der Waals surface area contributed by atoms with Crippen LogP contribution in [0.3, 0.4) is 0 Å². The first kappa shape index (κ1) is 39.4. The Bertz CT molecular complexity index is 1860. The first-order valence-corrected chi connectivity index (χ1v) is 19.0. The highest BCUT2D eigenvalue weighted by Gasteiger charge is 2.62. The van der Waals surface area contributed by atoms with Gasteiger partial charge in [-0.25, -0.2) is 22.4 Å². The van der Waals surface area contributed by atoms with Crippen LogP contribution >= 0.6 is 0 Å². The van der Waals surface area contributed by atoms with Crippen LogP contribution in [-0.2, 0) is 51.8 Å². The van der Waals surface area contributed by atoms with Gasteiger partial charge in [-0.3, -0.25) is 28.8 Å². The van der Waals surface area contributed by atoms with Crippen molar-refractivity contribution < 1.29 is 51.0 Å². The third kappa shape index (κ3) is 8.88. The molecule has 1 aromatic carbocycles. The molecule has 5 rings (SSSR count). The van der Waals surface area contributed by atoms with Crippen LogP contribution in [0.25, 0.3) is 0 Å². The van der Waals surface area contributed by atoms with E-state index in [-0.39, 0.29) is 32.5 Å². The molecule has 2 aliphatic heterocycles. The fourth-order valence-corrected chi connectivity index (χ4v) is 7.84. The summed E-state index contributed by atoms with van der Waals surface area (Å²) in [4.78, 5) is 83.5. The Kier molecular flexibility index (Phi) is 11.1. The molecule has 5 amide bonds. The molecule has 3 fully saturated rings. The second kappa shape index (κ2) is 14.9. The number of sulfonamides is 1. The molecule has 1 aromatic rings. The van der Waals surface area contributed by atoms with Gasteiger partial charge in [0.05, 0.1) is 18.3 Å². The fourth-order valence-electron chi connectivity index (χ4n) is 6.48. The number of ether oxygens (including phenoxy) is 2. The van der Waals surface area contributed by atoms with Crippen molar-refractivity contribution in [3.8, 4) is 0 Å². The van der Waals surface area contributed by atoms with Gasteiger partial charge in [-0.05, 0) is 71.1 Å². The molecule has 1 saturated heterocycles. The first-order valence-electron chi connectivity index (χ1n) is 17.5. The van der Waals surface area contributed by atoms with Crippen molar-refractivity contribution in [1.29, 1.82) is 0 Å². The summed E-state index contributed by atoms with van der Waals surface area (Å²) in [5, 5.41) is 4.38. The quantitative estimate of drug-likeness (QED) is 0.211. The van der Waals surface area contributed by atoms with Gasteiger partial charge in [0.15, 0.2) is 5.78 Å². The lowest BCUT2D eigenvalue weighted by molar-refractivity contribution is -0.141. The highest BCUT2D eigenvalue weighted by molar-refractivity contribution is 7.91. The van der Waals surface area contributed by atoms with Crippen LogP contribution in [0, 0.1) is 11.7 Å². The summed E-state index contributed by atoms with van der Waals surface area (Å²) < 4.78 is 52.9. The monoisotopic (exact) mass is 759 g/mol. The maximum atomic E-state index is 14.4. The highest BCUT2D eigenvalue weighted by Crippen LogP contribution is 2.45. The largest absolute Gasteiger partial charge is 0.444 e. The number of nitrogens with one attached hydrogen (secondary N) is 3. The average Bonchev–Trinajstić information content (AvgIpc) is 3.97. The summed E-state index contributed by atoms with van der Waals surface area (Å²) in [5.74, 6) is -4.24. The number of amides is 5. The second-order valence-electron chi connectivity index (χ2n) is 15.0. The minimum atomic E-state index is -3.97. The Morgan fingerprint density at radius 1 is 1.13 bits per heavy atom. The number of carbonyl (C=O) groups is 6. The molecular formula is C36H46FN5O10S. The smallest absolute Gasteiger partial charge is 0.410 e. The number of ketones is 1. The molecule has 2 saturated carbocycles. The van der Waals surface area contributed by atoms with Gasteiger partial charge < -0.3 is 25.0 Å². The maximum Gasteiger partial charge on any atom is 0.410 e. The summed E-state index contributed by atoms with van der Waals surface area (Å²) in [6.07, 6.45) is 0.153. The van der Waals surface area contributed by atoms with Gasteiger partial charge in [-0.2, -0.15) is 0 Å². The molecule has 2 aliphatic carbocycles. The number of nitrogens with zero attached hydrogens (tertiary/aromatic N) is 2. The average molecular weight is 760 g/mol. The van der Waals surface area contributed by atoms with E-state index in [4.69, 9.17) is 9.47 Å². The molecule has 0 radical (unpaired) electrons. The lowest BCUT2D eigenvalue weighted by atomic mass is 10.0. The summed E-state index contributed by atoms with van der Waals surface area (Å²) >= 11 is 0. The minimum Gasteiger partial charge on any atom is -0.444 e. The first-order chi connectivity index (χ1) is 24.8. The molecule has 5 atom stereocenters. The van der Waals surface area contributed by atoms with Crippen LogP contribution in [0.4, 0.5) is 14.0 Å². The predicted octanol–water partition coefficient (Wildman–Crippen LogP) is 2.74. The standard InChI is InChI=1S/C36H46FN5O10S/c1-7-20(3)29(43)15-27(38-33(47)52-35(4,5)6)31(45)42-18-23(51-34(48)41-17-21-10-9-11-26(37)25(21)19-41)14-28(42)30(44)39-36(16-22(36)8-2)32(46)40-53(49,50)24-12-13-24/h7-11,22-24,27-28H,2,12-19H2,1,3-6H3,(H,38,47)(H,39,44)(H,40,46)/b20-7+/t22-,23?,27+,28+,36-/m1/s1. The molecule has 0 aromatic heterocycles. The van der Waals surface area contributed by atoms with E-state index in [1.54, 1.807) is 46.8 Å². The molecule has 4 aliphatic rings. The molecule has 0 bridgehead atoms. The summed E-state index contributed by atoms with van der Waals surface area (Å²) in [6, 6.07) is 1.59. The van der Waals surface area contributed by atoms with E-state index in [1.165, 1.54) is 23.1 Å². The van der Waals surface area contributed by atoms with Crippen molar-refractivity contribution in [3.63, 3.8) is 0 Å². The number of halogens is 1. The third-order valence-corrected chi connectivity index (χ3v) is 11.6. The number of carbonyl (C=O) groups excluding carboxylic acids is 6. The number of benzene rings is 1. The molecule has 1 unspecified atom stereocenters. The SMILES string of the molecule is C=C[C@@H]1C[C@]1(NC(=O)[C@@H]1CC(OC(=O)N2Cc3cccc(F)c3C2)CN1C(=O)[C@H](CC(=O)/C(C)=C/C)NC(=O)OC(C)(C)C)C(=O)NS(=O)(=O)C1CC1. The molecule has 53 heavy (non-hydrogen) atoms. The highest BCUT2D eigenvalue weighted by atomic mass is 32.2. The van der Waals surface area contributed by atoms with Gasteiger partial charge in [0, 0.05) is 30.9 Å². The summed E-state index contributed by atoms with van der Waals surface area (Å²) in [6.45, 7) is 11.4. The molecule has 17 heteroatoms. The zero-order valence-corrected chi connectivity index (χ0v) is 31.2. The Morgan fingerprint density at radius 3 is 2.42 bits per heavy atom. The van der Waals surface area contributed by atoms with Crippen molar-refractivity contribution in [2.75, 3.05) is 6.54 Å². The van der Waals surface area contributed by atoms with E-state index in [0.29, 0.717) is 29.5 Å². The number of fused-ring (bicyclic) bond motifs is 1. The molecule has 3 N–H and O–H groups in total. The number of allylic oxidation sites excluding steroid dienone is 2. The third-order valence-electron chi connectivity index (χ3n) is 9.80. The minimum absolute atomic E-state index is 0.0410. The van der Waals surface area contributed by atoms with Crippen molar-refractivity contribution in [2.24, 2.45) is 5.92 Å². The van der Waals surface area contributed by atoms with Gasteiger partial charge in [0.2, 0.25) is 21.8 Å². The van der Waals surface area contributed by atoms with Crippen molar-refractivity contribution in [1.82, 2.24) is 25.2 Å². The van der Waals surface area contributed by atoms with Gasteiger partial charge in [0.25, 0.3) is 5.91 Å². The van der Waals surface area contributed by atoms with Gasteiger partial charge in [-0.15, -0.1) is 6.58 Å². The van der Waals surface area contributed by atoms with Crippen LogP contribution in [0.15, 0.2) is 42.5 Å². The Hall–Kier alpha value is -4.80. The van der Waals surface area contributed by atoms with Crippen LogP contribution in [0.1, 0.15) is 77.8 Å². The number of alkyl carbamates (subject to hydrolysis) is 1. The molecule has 15 nitrogen and oxygen atoms in total. The van der Waals surface area contributed by atoms with E-state index in [2.05, 4.69) is 21.9 Å². The zero-order chi connectivity index (χ0) is 39.0. The number of rotatable bonds is 12. The van der Waals surface area contributed by atoms with Crippen molar-refractivity contribution in [2.45, 2.75) is 114 Å².